The highest BCUT2D eigenvalue weighted by molar-refractivity contribution is 5.46. The van der Waals surface area contributed by atoms with Crippen LogP contribution < -0.4 is 9.64 Å². The lowest BCUT2D eigenvalue weighted by atomic mass is 10.1. The first kappa shape index (κ1) is 19.2. The summed E-state index contributed by atoms with van der Waals surface area (Å²) < 4.78 is 11.3. The van der Waals surface area contributed by atoms with E-state index in [4.69, 9.17) is 9.47 Å². The van der Waals surface area contributed by atoms with E-state index in [1.807, 2.05) is 12.1 Å². The maximum atomic E-state index is 6.08. The van der Waals surface area contributed by atoms with Crippen LogP contribution in [0.3, 0.4) is 0 Å². The van der Waals surface area contributed by atoms with Crippen molar-refractivity contribution in [1.29, 1.82) is 0 Å². The second-order valence-corrected chi connectivity index (χ2v) is 7.70. The highest BCUT2D eigenvalue weighted by atomic mass is 16.5. The van der Waals surface area contributed by atoms with E-state index in [0.717, 1.165) is 64.7 Å². The predicted octanol–water partition coefficient (Wildman–Crippen LogP) is 2.72. The van der Waals surface area contributed by atoms with Crippen LogP contribution in [0.25, 0.3) is 0 Å². The number of morpholine rings is 1. The van der Waals surface area contributed by atoms with E-state index in [1.165, 1.54) is 11.3 Å². The molecule has 5 nitrogen and oxygen atoms in total. The third-order valence-electron chi connectivity index (χ3n) is 5.74. The fourth-order valence-electron chi connectivity index (χ4n) is 4.14. The Morgan fingerprint density at radius 2 is 1.64 bits per heavy atom. The summed E-state index contributed by atoms with van der Waals surface area (Å²) in [6.45, 7) is 9.23. The number of hydrogen-bond acceptors (Lipinski definition) is 5. The minimum Gasteiger partial charge on any atom is -0.497 e. The minimum atomic E-state index is 0.301. The SMILES string of the molecule is COc1ccc(CN2CCOC(CN3CCN(c4ccccc4)CC3)C2)cc1. The van der Waals surface area contributed by atoms with Gasteiger partial charge in [-0.1, -0.05) is 30.3 Å². The molecule has 2 aliphatic rings. The van der Waals surface area contributed by atoms with Gasteiger partial charge in [-0.2, -0.15) is 0 Å². The van der Waals surface area contributed by atoms with Gasteiger partial charge in [0, 0.05) is 58.0 Å². The van der Waals surface area contributed by atoms with Crippen LogP contribution in [0.15, 0.2) is 54.6 Å². The lowest BCUT2D eigenvalue weighted by Crippen LogP contribution is -2.52. The molecule has 2 heterocycles. The number of para-hydroxylation sites is 1. The smallest absolute Gasteiger partial charge is 0.118 e. The summed E-state index contributed by atoms with van der Waals surface area (Å²) in [4.78, 5) is 7.55. The van der Waals surface area contributed by atoms with Gasteiger partial charge in [0.25, 0.3) is 0 Å². The molecule has 0 bridgehead atoms. The van der Waals surface area contributed by atoms with Crippen LogP contribution in [-0.4, -0.2) is 75.4 Å². The largest absolute Gasteiger partial charge is 0.497 e. The van der Waals surface area contributed by atoms with Gasteiger partial charge < -0.3 is 14.4 Å². The number of ether oxygens (including phenoxy) is 2. The molecular weight excluding hydrogens is 350 g/mol. The van der Waals surface area contributed by atoms with E-state index in [9.17, 15) is 0 Å². The third kappa shape index (κ3) is 5.04. The zero-order valence-electron chi connectivity index (χ0n) is 16.8. The van der Waals surface area contributed by atoms with Crippen molar-refractivity contribution in [3.05, 3.63) is 60.2 Å². The summed E-state index contributed by atoms with van der Waals surface area (Å²) >= 11 is 0. The summed E-state index contributed by atoms with van der Waals surface area (Å²) in [5.41, 5.74) is 2.67. The zero-order valence-corrected chi connectivity index (χ0v) is 16.8. The van der Waals surface area contributed by atoms with Crippen LogP contribution in [0.5, 0.6) is 5.75 Å². The Labute approximate surface area is 168 Å². The van der Waals surface area contributed by atoms with Crippen molar-refractivity contribution in [3.8, 4) is 5.75 Å². The monoisotopic (exact) mass is 381 g/mol. The van der Waals surface area contributed by atoms with E-state index in [1.54, 1.807) is 7.11 Å². The van der Waals surface area contributed by atoms with E-state index in [0.29, 0.717) is 6.10 Å². The van der Waals surface area contributed by atoms with E-state index >= 15 is 0 Å². The number of hydrogen-bond donors (Lipinski definition) is 0. The molecule has 0 spiro atoms. The predicted molar refractivity (Wildman–Crippen MR) is 113 cm³/mol. The Kier molecular flexibility index (Phi) is 6.47. The second kappa shape index (κ2) is 9.41. The van der Waals surface area contributed by atoms with Crippen molar-refractivity contribution in [3.63, 3.8) is 0 Å². The molecule has 0 radical (unpaired) electrons. The molecule has 2 aromatic rings. The van der Waals surface area contributed by atoms with Gasteiger partial charge in [0.05, 0.1) is 19.8 Å². The molecule has 2 aromatic carbocycles. The quantitative estimate of drug-likeness (QED) is 0.767. The van der Waals surface area contributed by atoms with Gasteiger partial charge in [-0.25, -0.2) is 0 Å². The van der Waals surface area contributed by atoms with Crippen molar-refractivity contribution in [2.24, 2.45) is 0 Å². The number of piperazine rings is 1. The van der Waals surface area contributed by atoms with Gasteiger partial charge >= 0.3 is 0 Å². The van der Waals surface area contributed by atoms with Crippen molar-refractivity contribution in [1.82, 2.24) is 9.80 Å². The van der Waals surface area contributed by atoms with Crippen LogP contribution in [0.2, 0.25) is 0 Å². The maximum absolute atomic E-state index is 6.08. The third-order valence-corrected chi connectivity index (χ3v) is 5.74. The van der Waals surface area contributed by atoms with Gasteiger partial charge in [-0.05, 0) is 29.8 Å². The Bertz CT molecular complexity index is 714. The average Bonchev–Trinajstić information content (AvgIpc) is 2.76. The molecule has 2 saturated heterocycles. The van der Waals surface area contributed by atoms with Crippen LogP contribution in [-0.2, 0) is 11.3 Å². The summed E-state index contributed by atoms with van der Waals surface area (Å²) in [6, 6.07) is 19.1. The van der Waals surface area contributed by atoms with Crippen molar-refractivity contribution in [2.45, 2.75) is 12.6 Å². The highest BCUT2D eigenvalue weighted by Crippen LogP contribution is 2.18. The van der Waals surface area contributed by atoms with Gasteiger partial charge in [0.15, 0.2) is 0 Å². The van der Waals surface area contributed by atoms with Crippen molar-refractivity contribution < 1.29 is 9.47 Å². The Morgan fingerprint density at radius 1 is 0.893 bits per heavy atom. The van der Waals surface area contributed by atoms with E-state index in [2.05, 4.69) is 57.2 Å². The molecule has 2 aliphatic heterocycles. The standard InChI is InChI=1S/C23H31N3O2/c1-27-22-9-7-20(8-10-22)17-25-15-16-28-23(19-25)18-24-11-13-26(14-12-24)21-5-3-2-4-6-21/h2-10,23H,11-19H2,1H3. The lowest BCUT2D eigenvalue weighted by molar-refractivity contribution is -0.0463. The summed E-state index contributed by atoms with van der Waals surface area (Å²) in [5, 5.41) is 0. The topological polar surface area (TPSA) is 28.2 Å². The number of methoxy groups -OCH3 is 1. The molecular formula is C23H31N3O2. The van der Waals surface area contributed by atoms with Crippen LogP contribution in [0.4, 0.5) is 5.69 Å². The number of benzene rings is 2. The first-order chi connectivity index (χ1) is 13.8. The molecule has 5 heteroatoms. The minimum absolute atomic E-state index is 0.301. The van der Waals surface area contributed by atoms with Gasteiger partial charge in [-0.3, -0.25) is 9.80 Å². The normalized spacial score (nSPS) is 21.6. The van der Waals surface area contributed by atoms with E-state index in [-0.39, 0.29) is 0 Å². The number of anilines is 1. The average molecular weight is 382 g/mol. The van der Waals surface area contributed by atoms with E-state index < -0.39 is 0 Å². The zero-order chi connectivity index (χ0) is 19.2. The molecule has 0 saturated carbocycles. The molecule has 150 valence electrons. The van der Waals surface area contributed by atoms with Crippen LogP contribution >= 0.6 is 0 Å². The van der Waals surface area contributed by atoms with Gasteiger partial charge in [-0.15, -0.1) is 0 Å². The molecule has 1 atom stereocenters. The summed E-state index contributed by atoms with van der Waals surface area (Å²) in [7, 11) is 1.71. The highest BCUT2D eigenvalue weighted by Gasteiger charge is 2.25. The van der Waals surface area contributed by atoms with Crippen LogP contribution in [0, 0.1) is 0 Å². The molecule has 0 aromatic heterocycles. The Morgan fingerprint density at radius 3 is 2.36 bits per heavy atom. The van der Waals surface area contributed by atoms with Gasteiger partial charge in [0.1, 0.15) is 5.75 Å². The fraction of sp³-hybridized carbons (Fsp3) is 0.478. The first-order valence-corrected chi connectivity index (χ1v) is 10.3. The lowest BCUT2D eigenvalue weighted by Gasteiger charge is -2.40. The molecule has 0 N–H and O–H groups in total. The molecule has 4 rings (SSSR count). The molecule has 0 aliphatic carbocycles. The number of rotatable bonds is 6. The maximum Gasteiger partial charge on any atom is 0.118 e. The molecule has 28 heavy (non-hydrogen) atoms. The molecule has 2 fully saturated rings. The Hall–Kier alpha value is -2.08. The summed E-state index contributed by atoms with van der Waals surface area (Å²) in [5.74, 6) is 0.915. The second-order valence-electron chi connectivity index (χ2n) is 7.70. The number of nitrogens with zero attached hydrogens (tertiary/aromatic N) is 3. The van der Waals surface area contributed by atoms with Crippen molar-refractivity contribution in [2.75, 3.05) is 64.4 Å². The molecule has 0 amide bonds. The summed E-state index contributed by atoms with van der Waals surface area (Å²) in [6.07, 6.45) is 0.301. The first-order valence-electron chi connectivity index (χ1n) is 10.3. The van der Waals surface area contributed by atoms with Gasteiger partial charge in [0.2, 0.25) is 0 Å². The van der Waals surface area contributed by atoms with Crippen LogP contribution in [0.1, 0.15) is 5.56 Å². The Balaban J connectivity index is 1.24. The molecule has 1 unspecified atom stereocenters. The fourth-order valence-corrected chi connectivity index (χ4v) is 4.14. The van der Waals surface area contributed by atoms with Crippen molar-refractivity contribution >= 4 is 5.69 Å².